The molecule has 0 fully saturated rings. The lowest BCUT2D eigenvalue weighted by Gasteiger charge is -2.18. The monoisotopic (exact) mass is 438 g/mol. The molecular formula is C16H28FIN4O. The maximum absolute atomic E-state index is 13.5. The highest BCUT2D eigenvalue weighted by Crippen LogP contribution is 2.16. The Hall–Kier alpha value is -1.09. The number of ether oxygens (including phenoxy) is 1. The van der Waals surface area contributed by atoms with Gasteiger partial charge < -0.3 is 20.3 Å². The van der Waals surface area contributed by atoms with Crippen molar-refractivity contribution in [1.82, 2.24) is 15.5 Å². The van der Waals surface area contributed by atoms with Crippen molar-refractivity contribution in [3.05, 3.63) is 30.1 Å². The lowest BCUT2D eigenvalue weighted by atomic mass is 10.3. The molecule has 2 N–H and O–H groups in total. The molecule has 0 radical (unpaired) electrons. The van der Waals surface area contributed by atoms with Gasteiger partial charge in [-0.15, -0.1) is 24.0 Å². The van der Waals surface area contributed by atoms with Crippen molar-refractivity contribution in [3.63, 3.8) is 0 Å². The van der Waals surface area contributed by atoms with Crippen LogP contribution in [0.4, 0.5) is 4.39 Å². The molecule has 1 atom stereocenters. The summed E-state index contributed by atoms with van der Waals surface area (Å²) < 4.78 is 19.1. The van der Waals surface area contributed by atoms with E-state index in [-0.39, 0.29) is 41.6 Å². The Morgan fingerprint density at radius 1 is 1.30 bits per heavy atom. The van der Waals surface area contributed by atoms with Gasteiger partial charge in [0.25, 0.3) is 0 Å². The quantitative estimate of drug-likeness (QED) is 0.283. The minimum Gasteiger partial charge on any atom is -0.486 e. The molecule has 5 nitrogen and oxygen atoms in total. The summed E-state index contributed by atoms with van der Waals surface area (Å²) in [4.78, 5) is 6.29. The van der Waals surface area contributed by atoms with Crippen LogP contribution in [0.15, 0.2) is 29.3 Å². The second-order valence-corrected chi connectivity index (χ2v) is 5.40. The predicted octanol–water partition coefficient (Wildman–Crippen LogP) is 2.33. The van der Waals surface area contributed by atoms with Gasteiger partial charge in [0.2, 0.25) is 0 Å². The lowest BCUT2D eigenvalue weighted by molar-refractivity contribution is 0.214. The first-order chi connectivity index (χ1) is 10.5. The van der Waals surface area contributed by atoms with Crippen molar-refractivity contribution in [1.29, 1.82) is 0 Å². The Bertz CT molecular complexity index is 471. The Balaban J connectivity index is 0.00000484. The first-order valence-electron chi connectivity index (χ1n) is 7.53. The van der Waals surface area contributed by atoms with Gasteiger partial charge in [0.1, 0.15) is 6.10 Å². The highest BCUT2D eigenvalue weighted by atomic mass is 127. The molecule has 1 aromatic rings. The number of rotatable bonds is 8. The maximum atomic E-state index is 13.5. The van der Waals surface area contributed by atoms with Crippen LogP contribution in [0, 0.1) is 5.82 Å². The molecule has 23 heavy (non-hydrogen) atoms. The third kappa shape index (κ3) is 9.60. The minimum atomic E-state index is -0.347. The number of para-hydroxylation sites is 1. The first kappa shape index (κ1) is 21.9. The van der Waals surface area contributed by atoms with E-state index in [1.54, 1.807) is 25.2 Å². The molecule has 0 aliphatic rings. The van der Waals surface area contributed by atoms with Gasteiger partial charge in [-0.2, -0.15) is 0 Å². The van der Waals surface area contributed by atoms with Gasteiger partial charge in [-0.25, -0.2) is 4.39 Å². The van der Waals surface area contributed by atoms with Crippen molar-refractivity contribution < 1.29 is 9.13 Å². The SMILES string of the molecule is CN=C(NCCCN(C)C)NCC(C)Oc1ccccc1F.I. The van der Waals surface area contributed by atoms with E-state index in [1.165, 1.54) is 6.07 Å². The van der Waals surface area contributed by atoms with Crippen molar-refractivity contribution >= 4 is 29.9 Å². The molecule has 0 heterocycles. The third-order valence-electron chi connectivity index (χ3n) is 3.02. The van der Waals surface area contributed by atoms with Crippen LogP contribution >= 0.6 is 24.0 Å². The standard InChI is InChI=1S/C16H27FN4O.HI/c1-13(22-15-9-6-5-8-14(15)17)12-20-16(18-2)19-10-7-11-21(3)4;/h5-6,8-9,13H,7,10-12H2,1-4H3,(H2,18,19,20);1H. The molecule has 1 rings (SSSR count). The number of benzene rings is 1. The van der Waals surface area contributed by atoms with Gasteiger partial charge in [0.05, 0.1) is 6.54 Å². The summed E-state index contributed by atoms with van der Waals surface area (Å²) in [6.07, 6.45) is 0.867. The molecule has 0 saturated heterocycles. The lowest BCUT2D eigenvalue weighted by Crippen LogP contribution is -2.42. The van der Waals surface area contributed by atoms with E-state index >= 15 is 0 Å². The zero-order valence-electron chi connectivity index (χ0n) is 14.3. The highest BCUT2D eigenvalue weighted by Gasteiger charge is 2.08. The molecule has 0 aromatic heterocycles. The number of hydrogen-bond donors (Lipinski definition) is 2. The molecule has 0 saturated carbocycles. The molecule has 0 aliphatic heterocycles. The van der Waals surface area contributed by atoms with Crippen LogP contribution in [-0.2, 0) is 0 Å². The zero-order valence-corrected chi connectivity index (χ0v) is 16.6. The second kappa shape index (κ2) is 12.3. The third-order valence-corrected chi connectivity index (χ3v) is 3.02. The predicted molar refractivity (Wildman–Crippen MR) is 104 cm³/mol. The van der Waals surface area contributed by atoms with E-state index in [1.807, 2.05) is 6.92 Å². The van der Waals surface area contributed by atoms with Crippen LogP contribution in [0.25, 0.3) is 0 Å². The van der Waals surface area contributed by atoms with Gasteiger partial charge in [-0.3, -0.25) is 4.99 Å². The summed E-state index contributed by atoms with van der Waals surface area (Å²) >= 11 is 0. The van der Waals surface area contributed by atoms with E-state index in [4.69, 9.17) is 4.74 Å². The average molecular weight is 438 g/mol. The van der Waals surface area contributed by atoms with Gasteiger partial charge in [-0.1, -0.05) is 12.1 Å². The van der Waals surface area contributed by atoms with Crippen molar-refractivity contribution in [3.8, 4) is 5.75 Å². The van der Waals surface area contributed by atoms with E-state index < -0.39 is 0 Å². The maximum Gasteiger partial charge on any atom is 0.191 e. The molecule has 7 heteroatoms. The normalized spacial score (nSPS) is 12.5. The van der Waals surface area contributed by atoms with Crippen LogP contribution in [0.2, 0.25) is 0 Å². The topological polar surface area (TPSA) is 48.9 Å². The van der Waals surface area contributed by atoms with Crippen LogP contribution in [-0.4, -0.2) is 57.7 Å². The fourth-order valence-electron chi connectivity index (χ4n) is 1.86. The number of hydrogen-bond acceptors (Lipinski definition) is 3. The fraction of sp³-hybridized carbons (Fsp3) is 0.562. The number of nitrogens with zero attached hydrogens (tertiary/aromatic N) is 2. The summed E-state index contributed by atoms with van der Waals surface area (Å²) in [5.74, 6) is 0.647. The van der Waals surface area contributed by atoms with Gasteiger partial charge >= 0.3 is 0 Å². The number of halogens is 2. The summed E-state index contributed by atoms with van der Waals surface area (Å²) in [6.45, 7) is 4.30. The van der Waals surface area contributed by atoms with Gasteiger partial charge in [0.15, 0.2) is 17.5 Å². The Labute approximate surface area is 155 Å². The Morgan fingerprint density at radius 2 is 2.00 bits per heavy atom. The zero-order chi connectivity index (χ0) is 16.4. The van der Waals surface area contributed by atoms with E-state index in [9.17, 15) is 4.39 Å². The highest BCUT2D eigenvalue weighted by molar-refractivity contribution is 14.0. The van der Waals surface area contributed by atoms with Crippen molar-refractivity contribution in [2.75, 3.05) is 40.8 Å². The largest absolute Gasteiger partial charge is 0.486 e. The van der Waals surface area contributed by atoms with Crippen LogP contribution < -0.4 is 15.4 Å². The van der Waals surface area contributed by atoms with Crippen molar-refractivity contribution in [2.45, 2.75) is 19.4 Å². The number of guanidine groups is 1. The Kier molecular flexibility index (Phi) is 11.8. The summed E-state index contributed by atoms with van der Waals surface area (Å²) in [6, 6.07) is 6.41. The minimum absolute atomic E-state index is 0. The molecule has 1 unspecified atom stereocenters. The van der Waals surface area contributed by atoms with E-state index in [0.29, 0.717) is 6.54 Å². The van der Waals surface area contributed by atoms with E-state index in [0.717, 1.165) is 25.5 Å². The van der Waals surface area contributed by atoms with E-state index in [2.05, 4.69) is 34.6 Å². The number of aliphatic imine (C=N–C) groups is 1. The summed E-state index contributed by atoms with van der Waals surface area (Å²) in [5.41, 5.74) is 0. The second-order valence-electron chi connectivity index (χ2n) is 5.40. The molecule has 0 bridgehead atoms. The molecule has 0 spiro atoms. The molecule has 1 aromatic carbocycles. The average Bonchev–Trinajstić information content (AvgIpc) is 2.48. The smallest absolute Gasteiger partial charge is 0.191 e. The van der Waals surface area contributed by atoms with Crippen LogP contribution in [0.1, 0.15) is 13.3 Å². The fourth-order valence-corrected chi connectivity index (χ4v) is 1.86. The Morgan fingerprint density at radius 3 is 2.61 bits per heavy atom. The molecule has 132 valence electrons. The number of nitrogens with one attached hydrogen (secondary N) is 2. The summed E-state index contributed by atoms with van der Waals surface area (Å²) in [5, 5.41) is 6.41. The molecule has 0 amide bonds. The van der Waals surface area contributed by atoms with Crippen molar-refractivity contribution in [2.24, 2.45) is 4.99 Å². The summed E-state index contributed by atoms with van der Waals surface area (Å²) in [7, 11) is 5.83. The molecule has 0 aliphatic carbocycles. The first-order valence-corrected chi connectivity index (χ1v) is 7.53. The van der Waals surface area contributed by atoms with Gasteiger partial charge in [-0.05, 0) is 46.1 Å². The van der Waals surface area contributed by atoms with Crippen LogP contribution in [0.3, 0.4) is 0 Å². The molecular weight excluding hydrogens is 410 g/mol. The van der Waals surface area contributed by atoms with Gasteiger partial charge in [0, 0.05) is 13.6 Å². The van der Waals surface area contributed by atoms with Crippen LogP contribution in [0.5, 0.6) is 5.75 Å².